The van der Waals surface area contributed by atoms with Crippen LogP contribution in [0.1, 0.15) is 12.8 Å². The van der Waals surface area contributed by atoms with Crippen LogP contribution in [0.2, 0.25) is 0 Å². The lowest BCUT2D eigenvalue weighted by Gasteiger charge is -2.34. The van der Waals surface area contributed by atoms with E-state index < -0.39 is 16.0 Å². The molecule has 5 nitrogen and oxygen atoms in total. The Bertz CT molecular complexity index is 364. The van der Waals surface area contributed by atoms with Crippen molar-refractivity contribution in [3.63, 3.8) is 0 Å². The number of aliphatic carboxylic acids is 1. The van der Waals surface area contributed by atoms with Crippen LogP contribution in [0.3, 0.4) is 0 Å². The quantitative estimate of drug-likeness (QED) is 0.728. The molecule has 0 radical (unpaired) electrons. The lowest BCUT2D eigenvalue weighted by atomic mass is 9.86. The Morgan fingerprint density at radius 2 is 1.73 bits per heavy atom. The van der Waals surface area contributed by atoms with Crippen molar-refractivity contribution in [1.82, 2.24) is 4.31 Å². The highest BCUT2D eigenvalue weighted by Crippen LogP contribution is 2.42. The van der Waals surface area contributed by atoms with E-state index in [1.807, 2.05) is 0 Å². The summed E-state index contributed by atoms with van der Waals surface area (Å²) in [4.78, 5) is 11.0. The van der Waals surface area contributed by atoms with Crippen LogP contribution in [-0.2, 0) is 14.8 Å². The predicted molar refractivity (Wildman–Crippen MR) is 53.8 cm³/mol. The molecule has 1 saturated heterocycles. The zero-order chi connectivity index (χ0) is 11.2. The molecular weight excluding hydrogens is 218 g/mol. The van der Waals surface area contributed by atoms with E-state index in [-0.39, 0.29) is 17.8 Å². The van der Waals surface area contributed by atoms with Crippen molar-refractivity contribution in [3.8, 4) is 0 Å². The highest BCUT2D eigenvalue weighted by molar-refractivity contribution is 7.88. The minimum absolute atomic E-state index is 0.0102. The molecule has 2 unspecified atom stereocenters. The molecule has 2 fully saturated rings. The first-order valence-electron chi connectivity index (χ1n) is 5.07. The zero-order valence-electron chi connectivity index (χ0n) is 8.59. The van der Waals surface area contributed by atoms with Gasteiger partial charge in [0.2, 0.25) is 10.0 Å². The number of hydrogen-bond acceptors (Lipinski definition) is 3. The zero-order valence-corrected chi connectivity index (χ0v) is 9.40. The van der Waals surface area contributed by atoms with E-state index in [1.54, 1.807) is 0 Å². The maximum Gasteiger partial charge on any atom is 0.307 e. The molecule has 86 valence electrons. The highest BCUT2D eigenvalue weighted by atomic mass is 32.2. The van der Waals surface area contributed by atoms with Gasteiger partial charge in [0.25, 0.3) is 0 Å². The SMILES string of the molecule is CS(=O)(=O)N1CC2CCC(C1)C2C(=O)O. The van der Waals surface area contributed by atoms with Crippen molar-refractivity contribution < 1.29 is 18.3 Å². The fraction of sp³-hybridized carbons (Fsp3) is 0.889. The van der Waals surface area contributed by atoms with Crippen LogP contribution < -0.4 is 0 Å². The van der Waals surface area contributed by atoms with Crippen LogP contribution in [0.4, 0.5) is 0 Å². The second-order valence-electron chi connectivity index (χ2n) is 4.54. The molecule has 15 heavy (non-hydrogen) atoms. The van der Waals surface area contributed by atoms with Crippen molar-refractivity contribution >= 4 is 16.0 Å². The van der Waals surface area contributed by atoms with Gasteiger partial charge >= 0.3 is 5.97 Å². The summed E-state index contributed by atoms with van der Waals surface area (Å²) >= 11 is 0. The fourth-order valence-electron chi connectivity index (χ4n) is 2.85. The predicted octanol–water partition coefficient (Wildman–Crippen LogP) is -0.0114. The molecule has 0 aromatic carbocycles. The second kappa shape index (κ2) is 3.45. The number of rotatable bonds is 2. The Hall–Kier alpha value is -0.620. The summed E-state index contributed by atoms with van der Waals surface area (Å²) in [5.41, 5.74) is 0. The lowest BCUT2D eigenvalue weighted by molar-refractivity contribution is -0.145. The van der Waals surface area contributed by atoms with E-state index >= 15 is 0 Å². The first-order valence-corrected chi connectivity index (χ1v) is 6.92. The number of nitrogens with zero attached hydrogens (tertiary/aromatic N) is 1. The van der Waals surface area contributed by atoms with Crippen molar-refractivity contribution in [2.24, 2.45) is 17.8 Å². The summed E-state index contributed by atoms with van der Waals surface area (Å²) in [6.45, 7) is 0.763. The number of carbonyl (C=O) groups is 1. The highest BCUT2D eigenvalue weighted by Gasteiger charge is 2.47. The smallest absolute Gasteiger partial charge is 0.307 e. The second-order valence-corrected chi connectivity index (χ2v) is 6.52. The summed E-state index contributed by atoms with van der Waals surface area (Å²) in [6.07, 6.45) is 2.87. The van der Waals surface area contributed by atoms with Gasteiger partial charge in [-0.15, -0.1) is 0 Å². The van der Waals surface area contributed by atoms with Gasteiger partial charge in [-0.25, -0.2) is 12.7 Å². The van der Waals surface area contributed by atoms with Crippen LogP contribution in [0.25, 0.3) is 0 Å². The minimum atomic E-state index is -3.16. The van der Waals surface area contributed by atoms with Gasteiger partial charge in [-0.1, -0.05) is 0 Å². The molecule has 0 amide bonds. The molecule has 1 aliphatic heterocycles. The van der Waals surface area contributed by atoms with E-state index in [9.17, 15) is 13.2 Å². The summed E-state index contributed by atoms with van der Waals surface area (Å²) in [5, 5.41) is 9.04. The third-order valence-corrected chi connectivity index (χ3v) is 4.79. The molecule has 1 N–H and O–H groups in total. The molecule has 2 aliphatic rings. The molecule has 1 heterocycles. The van der Waals surface area contributed by atoms with Crippen LogP contribution in [-0.4, -0.2) is 43.1 Å². The Labute approximate surface area is 89.1 Å². The molecule has 0 aromatic heterocycles. The number of sulfonamides is 1. The lowest BCUT2D eigenvalue weighted by Crippen LogP contribution is -2.46. The number of hydrogen-bond donors (Lipinski definition) is 1. The van der Waals surface area contributed by atoms with E-state index in [4.69, 9.17) is 5.11 Å². The molecular formula is C9H15NO4S. The van der Waals surface area contributed by atoms with Gasteiger partial charge in [-0.3, -0.25) is 4.79 Å². The van der Waals surface area contributed by atoms with Gasteiger partial charge in [-0.05, 0) is 24.7 Å². The molecule has 2 rings (SSSR count). The minimum Gasteiger partial charge on any atom is -0.481 e. The van der Waals surface area contributed by atoms with E-state index in [0.29, 0.717) is 13.1 Å². The molecule has 6 heteroatoms. The largest absolute Gasteiger partial charge is 0.481 e. The maximum absolute atomic E-state index is 11.4. The van der Waals surface area contributed by atoms with E-state index in [2.05, 4.69) is 0 Å². The number of carboxylic acid groups (broad SMARTS) is 1. The molecule has 1 aliphatic carbocycles. The summed E-state index contributed by atoms with van der Waals surface area (Å²) in [6, 6.07) is 0. The first-order chi connectivity index (χ1) is 6.89. The third-order valence-electron chi connectivity index (χ3n) is 3.55. The van der Waals surface area contributed by atoms with Gasteiger partial charge in [-0.2, -0.15) is 0 Å². The molecule has 0 spiro atoms. The standard InChI is InChI=1S/C9H15NO4S/c1-15(13,14)10-4-6-2-3-7(5-10)8(6)9(11)12/h6-8H,2-5H2,1H3,(H,11,12). The number of fused-ring (bicyclic) bond motifs is 2. The van der Waals surface area contributed by atoms with Crippen LogP contribution in [0.5, 0.6) is 0 Å². The summed E-state index contributed by atoms with van der Waals surface area (Å²) in [7, 11) is -3.16. The molecule has 2 bridgehead atoms. The topological polar surface area (TPSA) is 74.7 Å². The molecule has 0 aromatic rings. The number of carboxylic acids is 1. The normalized spacial score (nSPS) is 36.7. The summed E-state index contributed by atoms with van der Waals surface area (Å²) < 4.78 is 24.1. The van der Waals surface area contributed by atoms with Gasteiger partial charge in [0.15, 0.2) is 0 Å². The Balaban J connectivity index is 2.18. The van der Waals surface area contributed by atoms with E-state index in [1.165, 1.54) is 10.6 Å². The van der Waals surface area contributed by atoms with Crippen LogP contribution in [0, 0.1) is 17.8 Å². The third kappa shape index (κ3) is 1.88. The van der Waals surface area contributed by atoms with Gasteiger partial charge in [0, 0.05) is 13.1 Å². The monoisotopic (exact) mass is 233 g/mol. The Kier molecular flexibility index (Phi) is 2.50. The fourth-order valence-corrected chi connectivity index (χ4v) is 3.78. The van der Waals surface area contributed by atoms with Crippen molar-refractivity contribution in [2.45, 2.75) is 12.8 Å². The van der Waals surface area contributed by atoms with Crippen LogP contribution in [0.15, 0.2) is 0 Å². The van der Waals surface area contributed by atoms with Crippen molar-refractivity contribution in [1.29, 1.82) is 0 Å². The van der Waals surface area contributed by atoms with E-state index in [0.717, 1.165) is 12.8 Å². The van der Waals surface area contributed by atoms with Gasteiger partial charge < -0.3 is 5.11 Å². The Morgan fingerprint density at radius 3 is 2.07 bits per heavy atom. The average Bonchev–Trinajstić information content (AvgIpc) is 2.35. The van der Waals surface area contributed by atoms with Crippen molar-refractivity contribution in [3.05, 3.63) is 0 Å². The molecule has 1 saturated carbocycles. The maximum atomic E-state index is 11.4. The molecule has 2 atom stereocenters. The first kappa shape index (κ1) is 10.9. The summed E-state index contributed by atoms with van der Waals surface area (Å²) in [5.74, 6) is -1.08. The van der Waals surface area contributed by atoms with Gasteiger partial charge in [0.05, 0.1) is 12.2 Å². The van der Waals surface area contributed by atoms with Crippen LogP contribution >= 0.6 is 0 Å². The average molecular weight is 233 g/mol. The Morgan fingerprint density at radius 1 is 1.27 bits per heavy atom. The van der Waals surface area contributed by atoms with Crippen molar-refractivity contribution in [2.75, 3.05) is 19.3 Å². The van der Waals surface area contributed by atoms with Gasteiger partial charge in [0.1, 0.15) is 0 Å². The number of piperidine rings is 1.